The van der Waals surface area contributed by atoms with E-state index in [4.69, 9.17) is 0 Å². The van der Waals surface area contributed by atoms with Gasteiger partial charge in [0.1, 0.15) is 4.90 Å². The maximum atomic E-state index is 12.5. The maximum absolute atomic E-state index is 12.5. The van der Waals surface area contributed by atoms with Gasteiger partial charge in [0.05, 0.1) is 11.9 Å². The summed E-state index contributed by atoms with van der Waals surface area (Å²) in [7, 11) is -3.66. The summed E-state index contributed by atoms with van der Waals surface area (Å²) in [4.78, 5) is 4.12. The largest absolute Gasteiger partial charge is 0.278 e. The topological polar surface area (TPSA) is 59.1 Å². The Morgan fingerprint density at radius 2 is 1.90 bits per heavy atom. The molecule has 6 heteroatoms. The lowest BCUT2D eigenvalue weighted by Gasteiger charge is -2.20. The first kappa shape index (κ1) is 16.0. The fraction of sp³-hybridized carbons (Fsp3) is 0.267. The van der Waals surface area contributed by atoms with E-state index in [1.54, 1.807) is 30.5 Å². The van der Waals surface area contributed by atoms with Crippen LogP contribution in [0.25, 0.3) is 0 Å². The molecule has 2 aromatic rings. The zero-order valence-corrected chi connectivity index (χ0v) is 14.5. The molecule has 4 nitrogen and oxygen atoms in total. The molecule has 0 aliphatic heterocycles. The van der Waals surface area contributed by atoms with Gasteiger partial charge in [-0.2, -0.15) is 0 Å². The number of hydrogen-bond acceptors (Lipinski definition) is 3. The van der Waals surface area contributed by atoms with Crippen LogP contribution in [0.5, 0.6) is 0 Å². The van der Waals surface area contributed by atoms with Crippen molar-refractivity contribution in [1.82, 2.24) is 4.98 Å². The van der Waals surface area contributed by atoms with Gasteiger partial charge in [-0.05, 0) is 51.2 Å². The normalized spacial score (nSPS) is 12.2. The molecule has 112 valence electrons. The Labute approximate surface area is 133 Å². The van der Waals surface area contributed by atoms with E-state index in [1.807, 2.05) is 26.8 Å². The Morgan fingerprint density at radius 3 is 2.48 bits per heavy atom. The number of nitrogens with zero attached hydrogens (tertiary/aromatic N) is 1. The lowest BCUT2D eigenvalue weighted by Crippen LogP contribution is -2.16. The zero-order valence-electron chi connectivity index (χ0n) is 12.1. The van der Waals surface area contributed by atoms with Gasteiger partial charge >= 0.3 is 0 Å². The van der Waals surface area contributed by atoms with Crippen LogP contribution < -0.4 is 4.72 Å². The number of pyridine rings is 1. The summed E-state index contributed by atoms with van der Waals surface area (Å²) in [6, 6.07) is 8.72. The maximum Gasteiger partial charge on any atom is 0.263 e. The van der Waals surface area contributed by atoms with Crippen LogP contribution >= 0.6 is 15.9 Å². The Kier molecular flexibility index (Phi) is 4.39. The van der Waals surface area contributed by atoms with Gasteiger partial charge in [-0.25, -0.2) is 8.42 Å². The second kappa shape index (κ2) is 5.77. The summed E-state index contributed by atoms with van der Waals surface area (Å²) in [6.07, 6.45) is 3.06. The molecule has 1 aromatic carbocycles. The van der Waals surface area contributed by atoms with Gasteiger partial charge in [0, 0.05) is 10.7 Å². The van der Waals surface area contributed by atoms with Crippen molar-refractivity contribution in [3.8, 4) is 0 Å². The third-order valence-corrected chi connectivity index (χ3v) is 5.38. The number of nitrogens with one attached hydrogen (secondary N) is 1. The molecular weight excluding hydrogens is 352 g/mol. The molecule has 0 atom stereocenters. The van der Waals surface area contributed by atoms with Crippen LogP contribution in [0, 0.1) is 0 Å². The minimum atomic E-state index is -3.66. The first-order chi connectivity index (χ1) is 9.70. The predicted octanol–water partition coefficient (Wildman–Crippen LogP) is 3.94. The number of halogens is 1. The third kappa shape index (κ3) is 3.83. The number of sulfonamides is 1. The second-order valence-corrected chi connectivity index (χ2v) is 8.25. The van der Waals surface area contributed by atoms with Gasteiger partial charge in [-0.1, -0.05) is 26.8 Å². The minimum Gasteiger partial charge on any atom is -0.278 e. The van der Waals surface area contributed by atoms with Crippen molar-refractivity contribution in [3.05, 3.63) is 52.8 Å². The molecule has 0 spiro atoms. The van der Waals surface area contributed by atoms with E-state index in [9.17, 15) is 8.42 Å². The van der Waals surface area contributed by atoms with Crippen LogP contribution in [-0.2, 0) is 15.4 Å². The van der Waals surface area contributed by atoms with Gasteiger partial charge < -0.3 is 0 Å². The quantitative estimate of drug-likeness (QED) is 0.892. The van der Waals surface area contributed by atoms with E-state index in [1.165, 1.54) is 6.20 Å². The minimum absolute atomic E-state index is 0.126. The van der Waals surface area contributed by atoms with Crippen molar-refractivity contribution in [3.63, 3.8) is 0 Å². The fourth-order valence-electron chi connectivity index (χ4n) is 1.81. The van der Waals surface area contributed by atoms with E-state index >= 15 is 0 Å². The van der Waals surface area contributed by atoms with E-state index in [2.05, 4.69) is 25.6 Å². The first-order valence-corrected chi connectivity index (χ1v) is 8.71. The number of benzene rings is 1. The highest BCUT2D eigenvalue weighted by atomic mass is 79.9. The van der Waals surface area contributed by atoms with Crippen molar-refractivity contribution in [2.24, 2.45) is 0 Å². The molecule has 1 aromatic heterocycles. The van der Waals surface area contributed by atoms with E-state index in [0.29, 0.717) is 10.2 Å². The Morgan fingerprint density at radius 1 is 1.19 bits per heavy atom. The molecule has 0 bridgehead atoms. The van der Waals surface area contributed by atoms with Crippen LogP contribution in [0.2, 0.25) is 0 Å². The van der Waals surface area contributed by atoms with Crippen LogP contribution in [-0.4, -0.2) is 13.4 Å². The van der Waals surface area contributed by atoms with E-state index < -0.39 is 10.0 Å². The van der Waals surface area contributed by atoms with Gasteiger partial charge in [-0.15, -0.1) is 0 Å². The smallest absolute Gasteiger partial charge is 0.263 e. The van der Waals surface area contributed by atoms with Crippen LogP contribution in [0.3, 0.4) is 0 Å². The van der Waals surface area contributed by atoms with Crippen molar-refractivity contribution in [2.75, 3.05) is 4.72 Å². The van der Waals surface area contributed by atoms with Gasteiger partial charge in [-0.3, -0.25) is 9.71 Å². The number of rotatable bonds is 3. The second-order valence-electron chi connectivity index (χ2n) is 5.74. The summed E-state index contributed by atoms with van der Waals surface area (Å²) in [5.41, 5.74) is 1.27. The standard InChI is InChI=1S/C15H17BrN2O2S/c1-15(2,3)11-6-7-13(16)14(9-11)21(19,20)18-12-5-4-8-17-10-12/h4-10,18H,1-3H3. The van der Waals surface area contributed by atoms with Crippen LogP contribution in [0.15, 0.2) is 52.1 Å². The highest BCUT2D eigenvalue weighted by Gasteiger charge is 2.22. The molecule has 0 saturated heterocycles. The summed E-state index contributed by atoms with van der Waals surface area (Å²) < 4.78 is 28.1. The SMILES string of the molecule is CC(C)(C)c1ccc(Br)c(S(=O)(=O)Nc2cccnc2)c1. The molecule has 0 aliphatic rings. The average Bonchev–Trinajstić information content (AvgIpc) is 2.38. The van der Waals surface area contributed by atoms with Crippen LogP contribution in [0.1, 0.15) is 26.3 Å². The molecule has 0 amide bonds. The molecule has 0 fully saturated rings. The zero-order chi connectivity index (χ0) is 15.7. The monoisotopic (exact) mass is 368 g/mol. The Bertz CT molecular complexity index is 738. The lowest BCUT2D eigenvalue weighted by atomic mass is 9.87. The average molecular weight is 369 g/mol. The number of anilines is 1. The van der Waals surface area contributed by atoms with Crippen molar-refractivity contribution in [1.29, 1.82) is 0 Å². The van der Waals surface area contributed by atoms with Gasteiger partial charge in [0.2, 0.25) is 0 Å². The first-order valence-electron chi connectivity index (χ1n) is 6.43. The molecule has 0 aliphatic carbocycles. The molecule has 0 unspecified atom stereocenters. The van der Waals surface area contributed by atoms with Crippen LogP contribution in [0.4, 0.5) is 5.69 Å². The molecule has 2 rings (SSSR count). The molecule has 0 radical (unpaired) electrons. The van der Waals surface area contributed by atoms with Crippen molar-refractivity contribution in [2.45, 2.75) is 31.1 Å². The predicted molar refractivity (Wildman–Crippen MR) is 87.9 cm³/mol. The van der Waals surface area contributed by atoms with Gasteiger partial charge in [0.25, 0.3) is 10.0 Å². The van der Waals surface area contributed by atoms with Gasteiger partial charge in [0.15, 0.2) is 0 Å². The molecule has 21 heavy (non-hydrogen) atoms. The summed E-state index contributed by atoms with van der Waals surface area (Å²) in [6.45, 7) is 6.13. The van der Waals surface area contributed by atoms with Crippen molar-refractivity contribution >= 4 is 31.6 Å². The summed E-state index contributed by atoms with van der Waals surface area (Å²) in [5, 5.41) is 0. The Balaban J connectivity index is 2.45. The molecule has 1 N–H and O–H groups in total. The molecule has 0 saturated carbocycles. The van der Waals surface area contributed by atoms with E-state index in [-0.39, 0.29) is 10.3 Å². The molecular formula is C15H17BrN2O2S. The Hall–Kier alpha value is -1.40. The summed E-state index contributed by atoms with van der Waals surface area (Å²) in [5.74, 6) is 0. The van der Waals surface area contributed by atoms with Crippen molar-refractivity contribution < 1.29 is 8.42 Å². The summed E-state index contributed by atoms with van der Waals surface area (Å²) >= 11 is 3.31. The number of hydrogen-bond donors (Lipinski definition) is 1. The highest BCUT2D eigenvalue weighted by Crippen LogP contribution is 2.30. The fourth-order valence-corrected chi connectivity index (χ4v) is 3.84. The number of aromatic nitrogens is 1. The molecule has 1 heterocycles. The third-order valence-electron chi connectivity index (χ3n) is 3.00. The van der Waals surface area contributed by atoms with E-state index in [0.717, 1.165) is 5.56 Å². The lowest BCUT2D eigenvalue weighted by molar-refractivity contribution is 0.584. The highest BCUT2D eigenvalue weighted by molar-refractivity contribution is 9.10.